The molecule has 70 valence electrons. The highest BCUT2D eigenvalue weighted by molar-refractivity contribution is 5.49. The van der Waals surface area contributed by atoms with Gasteiger partial charge in [0.25, 0.3) is 0 Å². The van der Waals surface area contributed by atoms with E-state index in [4.69, 9.17) is 0 Å². The second kappa shape index (κ2) is 4.61. The van der Waals surface area contributed by atoms with Crippen molar-refractivity contribution in [2.24, 2.45) is 0 Å². The summed E-state index contributed by atoms with van der Waals surface area (Å²) < 4.78 is 0. The van der Waals surface area contributed by atoms with Crippen LogP contribution in [-0.2, 0) is 0 Å². The summed E-state index contributed by atoms with van der Waals surface area (Å²) in [7, 11) is 0. The van der Waals surface area contributed by atoms with E-state index in [1.165, 1.54) is 11.1 Å². The maximum atomic E-state index is 2.23. The minimum atomic E-state index is 1.07. The van der Waals surface area contributed by atoms with Crippen LogP contribution in [0.25, 0.3) is 6.08 Å². The Bertz CT molecular complexity index is 366. The molecule has 0 spiro atoms. The summed E-state index contributed by atoms with van der Waals surface area (Å²) in [4.78, 5) is 0. The summed E-state index contributed by atoms with van der Waals surface area (Å²) >= 11 is 0. The number of allylic oxidation sites excluding steroid dienone is 5. The minimum absolute atomic E-state index is 1.07. The van der Waals surface area contributed by atoms with Gasteiger partial charge in [0.1, 0.15) is 0 Å². The lowest BCUT2D eigenvalue weighted by molar-refractivity contribution is 1.14. The fourth-order valence-corrected chi connectivity index (χ4v) is 1.55. The van der Waals surface area contributed by atoms with Crippen LogP contribution in [0.4, 0.5) is 0 Å². The zero-order valence-electron chi connectivity index (χ0n) is 8.19. The zero-order valence-corrected chi connectivity index (χ0v) is 8.19. The second-order valence-electron chi connectivity index (χ2n) is 3.47. The summed E-state index contributed by atoms with van der Waals surface area (Å²) in [6.07, 6.45) is 13.1. The van der Waals surface area contributed by atoms with Crippen molar-refractivity contribution in [3.8, 4) is 0 Å². The van der Waals surface area contributed by atoms with Gasteiger partial charge in [-0.3, -0.25) is 0 Å². The molecule has 0 N–H and O–H groups in total. The summed E-state index contributed by atoms with van der Waals surface area (Å²) in [5, 5.41) is 0. The molecule has 0 saturated carbocycles. The van der Waals surface area contributed by atoms with Gasteiger partial charge in [-0.1, -0.05) is 66.3 Å². The van der Waals surface area contributed by atoms with Crippen LogP contribution in [0.1, 0.15) is 18.4 Å². The lowest BCUT2D eigenvalue weighted by Gasteiger charge is -1.94. The van der Waals surface area contributed by atoms with Crippen LogP contribution >= 0.6 is 0 Å². The van der Waals surface area contributed by atoms with Gasteiger partial charge in [0, 0.05) is 0 Å². The Kier molecular flexibility index (Phi) is 2.97. The monoisotopic (exact) mass is 182 g/mol. The largest absolute Gasteiger partial charge is 0.0805 e. The molecular formula is C14H14. The molecule has 0 aromatic heterocycles. The molecule has 0 nitrogen and oxygen atoms in total. The molecule has 0 saturated heterocycles. The Morgan fingerprint density at radius 3 is 2.71 bits per heavy atom. The average molecular weight is 182 g/mol. The van der Waals surface area contributed by atoms with Gasteiger partial charge in [-0.15, -0.1) is 0 Å². The quantitative estimate of drug-likeness (QED) is 0.663. The maximum Gasteiger partial charge on any atom is -0.0129 e. The van der Waals surface area contributed by atoms with Gasteiger partial charge in [0.05, 0.1) is 0 Å². The Morgan fingerprint density at radius 1 is 1.14 bits per heavy atom. The van der Waals surface area contributed by atoms with Crippen molar-refractivity contribution in [3.05, 3.63) is 65.8 Å². The number of benzene rings is 1. The molecule has 1 aromatic carbocycles. The van der Waals surface area contributed by atoms with Crippen LogP contribution in [0.3, 0.4) is 0 Å². The molecular weight excluding hydrogens is 168 g/mol. The molecule has 0 atom stereocenters. The van der Waals surface area contributed by atoms with Gasteiger partial charge < -0.3 is 0 Å². The first-order chi connectivity index (χ1) is 6.95. The first-order valence-corrected chi connectivity index (χ1v) is 5.01. The van der Waals surface area contributed by atoms with Crippen LogP contribution in [0.2, 0.25) is 0 Å². The van der Waals surface area contributed by atoms with Crippen molar-refractivity contribution in [1.29, 1.82) is 0 Å². The molecule has 1 aliphatic carbocycles. The standard InChI is InChI=1S/C14H14/c1-2-7-13(8-3-1)11-6-12-14-9-4-5-10-14/h1-9,11H,10,12H2/b11-6+. The number of rotatable bonds is 3. The van der Waals surface area contributed by atoms with E-state index >= 15 is 0 Å². The average Bonchev–Trinajstić information content (AvgIpc) is 2.72. The summed E-state index contributed by atoms with van der Waals surface area (Å²) in [6, 6.07) is 10.4. The normalized spacial score (nSPS) is 15.0. The van der Waals surface area contributed by atoms with Gasteiger partial charge in [-0.25, -0.2) is 0 Å². The Balaban J connectivity index is 1.89. The van der Waals surface area contributed by atoms with Crippen LogP contribution in [0, 0.1) is 0 Å². The molecule has 0 unspecified atom stereocenters. The van der Waals surface area contributed by atoms with E-state index in [2.05, 4.69) is 54.6 Å². The van der Waals surface area contributed by atoms with E-state index in [1.54, 1.807) is 0 Å². The van der Waals surface area contributed by atoms with Crippen LogP contribution in [0.15, 0.2) is 60.2 Å². The summed E-state index contributed by atoms with van der Waals surface area (Å²) in [5.41, 5.74) is 2.77. The Morgan fingerprint density at radius 2 is 2.00 bits per heavy atom. The predicted octanol–water partition coefficient (Wildman–Crippen LogP) is 3.98. The minimum Gasteiger partial charge on any atom is -0.0805 e. The molecule has 14 heavy (non-hydrogen) atoms. The van der Waals surface area contributed by atoms with Crippen LogP contribution < -0.4 is 0 Å². The SMILES string of the molecule is C1=CCC(C/C=C/c2ccccc2)=C1. The first-order valence-electron chi connectivity index (χ1n) is 5.01. The molecule has 0 heteroatoms. The topological polar surface area (TPSA) is 0 Å². The Labute approximate surface area is 85.3 Å². The smallest absolute Gasteiger partial charge is 0.0129 e. The van der Waals surface area contributed by atoms with Crippen molar-refractivity contribution in [3.63, 3.8) is 0 Å². The van der Waals surface area contributed by atoms with Gasteiger partial charge in [0.2, 0.25) is 0 Å². The Hall–Kier alpha value is -1.56. The van der Waals surface area contributed by atoms with Crippen molar-refractivity contribution < 1.29 is 0 Å². The molecule has 0 bridgehead atoms. The van der Waals surface area contributed by atoms with Crippen LogP contribution in [0.5, 0.6) is 0 Å². The van der Waals surface area contributed by atoms with E-state index in [9.17, 15) is 0 Å². The number of hydrogen-bond acceptors (Lipinski definition) is 0. The summed E-state index contributed by atoms with van der Waals surface area (Å²) in [6.45, 7) is 0. The second-order valence-corrected chi connectivity index (χ2v) is 3.47. The fraction of sp³-hybridized carbons (Fsp3) is 0.143. The highest BCUT2D eigenvalue weighted by Gasteiger charge is 1.95. The van der Waals surface area contributed by atoms with Gasteiger partial charge in [-0.05, 0) is 18.4 Å². The fourth-order valence-electron chi connectivity index (χ4n) is 1.55. The lowest BCUT2D eigenvalue weighted by atomic mass is 10.1. The van der Waals surface area contributed by atoms with Crippen molar-refractivity contribution >= 4 is 6.08 Å². The maximum absolute atomic E-state index is 2.23. The van der Waals surface area contributed by atoms with Gasteiger partial charge >= 0.3 is 0 Å². The van der Waals surface area contributed by atoms with E-state index in [0.717, 1.165) is 12.8 Å². The summed E-state index contributed by atoms with van der Waals surface area (Å²) in [5.74, 6) is 0. The third-order valence-corrected chi connectivity index (χ3v) is 2.34. The van der Waals surface area contributed by atoms with Crippen LogP contribution in [-0.4, -0.2) is 0 Å². The highest BCUT2D eigenvalue weighted by Crippen LogP contribution is 2.15. The molecule has 0 heterocycles. The van der Waals surface area contributed by atoms with Crippen molar-refractivity contribution in [1.82, 2.24) is 0 Å². The lowest BCUT2D eigenvalue weighted by Crippen LogP contribution is -1.74. The zero-order chi connectivity index (χ0) is 9.64. The van der Waals surface area contributed by atoms with E-state index in [1.807, 2.05) is 6.07 Å². The molecule has 0 amide bonds. The van der Waals surface area contributed by atoms with E-state index in [-0.39, 0.29) is 0 Å². The van der Waals surface area contributed by atoms with E-state index in [0.29, 0.717) is 0 Å². The molecule has 0 aliphatic heterocycles. The molecule has 1 aliphatic rings. The van der Waals surface area contributed by atoms with Gasteiger partial charge in [-0.2, -0.15) is 0 Å². The van der Waals surface area contributed by atoms with E-state index < -0.39 is 0 Å². The first kappa shape index (κ1) is 9.01. The van der Waals surface area contributed by atoms with Gasteiger partial charge in [0.15, 0.2) is 0 Å². The molecule has 2 rings (SSSR count). The highest BCUT2D eigenvalue weighted by atomic mass is 14.0. The van der Waals surface area contributed by atoms with Crippen molar-refractivity contribution in [2.45, 2.75) is 12.8 Å². The third-order valence-electron chi connectivity index (χ3n) is 2.34. The molecule has 0 radical (unpaired) electrons. The molecule has 0 fully saturated rings. The molecule has 1 aromatic rings. The third kappa shape index (κ3) is 2.46. The number of hydrogen-bond donors (Lipinski definition) is 0. The van der Waals surface area contributed by atoms with Crippen molar-refractivity contribution in [2.75, 3.05) is 0 Å². The predicted molar refractivity (Wildman–Crippen MR) is 61.9 cm³/mol.